The first-order valence-electron chi connectivity index (χ1n) is 9.85. The van der Waals surface area contributed by atoms with Gasteiger partial charge in [-0.25, -0.2) is 8.78 Å². The van der Waals surface area contributed by atoms with Gasteiger partial charge in [0.2, 0.25) is 5.92 Å². The van der Waals surface area contributed by atoms with Crippen LogP contribution >= 0.6 is 11.6 Å². The molecule has 2 fully saturated rings. The van der Waals surface area contributed by atoms with Crippen molar-refractivity contribution in [1.82, 2.24) is 9.88 Å². The van der Waals surface area contributed by atoms with Crippen LogP contribution < -0.4 is 5.32 Å². The molecule has 1 aromatic heterocycles. The number of carbonyl (C=O) groups excluding carboxylic acids is 1. The number of aromatic nitrogens is 1. The Morgan fingerprint density at radius 3 is 2.67 bits per heavy atom. The lowest BCUT2D eigenvalue weighted by Crippen LogP contribution is -2.45. The Morgan fingerprint density at radius 1 is 1.26 bits per heavy atom. The quantitative estimate of drug-likeness (QED) is 0.661. The van der Waals surface area contributed by atoms with Crippen LogP contribution in [0.5, 0.6) is 0 Å². The van der Waals surface area contributed by atoms with E-state index in [4.69, 9.17) is 11.6 Å². The average molecular weight is 395 g/mol. The number of rotatable bonds is 6. The number of fused-ring (bicyclic) bond motifs is 1. The summed E-state index contributed by atoms with van der Waals surface area (Å²) in [6.07, 6.45) is 5.05. The molecule has 27 heavy (non-hydrogen) atoms. The zero-order valence-corrected chi connectivity index (χ0v) is 16.1. The van der Waals surface area contributed by atoms with E-state index in [0.717, 1.165) is 30.4 Å². The topological polar surface area (TPSA) is 34.0 Å². The van der Waals surface area contributed by atoms with Gasteiger partial charge in [0.1, 0.15) is 0 Å². The molecule has 1 aromatic carbocycles. The fourth-order valence-corrected chi connectivity index (χ4v) is 4.54. The van der Waals surface area contributed by atoms with Crippen molar-refractivity contribution in [2.75, 3.05) is 6.54 Å². The van der Waals surface area contributed by atoms with Crippen molar-refractivity contribution in [3.63, 3.8) is 0 Å². The fourth-order valence-electron chi connectivity index (χ4n) is 4.27. The lowest BCUT2D eigenvalue weighted by molar-refractivity contribution is -0.0464. The second kappa shape index (κ2) is 7.51. The third kappa shape index (κ3) is 4.04. The maximum absolute atomic E-state index is 13.3. The maximum atomic E-state index is 13.3. The van der Waals surface area contributed by atoms with Crippen LogP contribution in [0.25, 0.3) is 10.9 Å². The summed E-state index contributed by atoms with van der Waals surface area (Å²) in [6, 6.07) is 6.16. The standard InChI is InChI=1S/C21H25ClF2N2O/c22-17-2-1-3-18-20(17)16(13-26(18)12-15-8-11-25-15)19(27)5-4-14-6-9-21(23,24)10-7-14/h1-3,13-15,25H,4-12H2/t15-/m1/s1. The molecule has 1 saturated carbocycles. The van der Waals surface area contributed by atoms with Crippen molar-refractivity contribution in [1.29, 1.82) is 0 Å². The first kappa shape index (κ1) is 18.9. The van der Waals surface area contributed by atoms with E-state index in [1.165, 1.54) is 0 Å². The summed E-state index contributed by atoms with van der Waals surface area (Å²) in [4.78, 5) is 12.9. The molecule has 1 atom stereocenters. The Kier molecular flexibility index (Phi) is 5.26. The van der Waals surface area contributed by atoms with Crippen LogP contribution in [-0.2, 0) is 6.54 Å². The first-order valence-corrected chi connectivity index (χ1v) is 10.2. The number of Topliss-reactive ketones (excluding diaryl/α,β-unsaturated/α-hetero) is 1. The minimum atomic E-state index is -2.52. The number of benzene rings is 1. The minimum Gasteiger partial charge on any atom is -0.345 e. The maximum Gasteiger partial charge on any atom is 0.248 e. The van der Waals surface area contributed by atoms with E-state index in [9.17, 15) is 13.6 Å². The summed E-state index contributed by atoms with van der Waals surface area (Å²) >= 11 is 6.42. The van der Waals surface area contributed by atoms with Gasteiger partial charge in [-0.15, -0.1) is 0 Å². The molecule has 0 unspecified atom stereocenters. The van der Waals surface area contributed by atoms with Crippen LogP contribution in [0.4, 0.5) is 8.78 Å². The van der Waals surface area contributed by atoms with Crippen molar-refractivity contribution in [2.24, 2.45) is 5.92 Å². The van der Waals surface area contributed by atoms with Gasteiger partial charge < -0.3 is 9.88 Å². The SMILES string of the molecule is O=C(CCC1CCC(F)(F)CC1)c1cn(C[C@H]2CCN2)c2cccc(Cl)c12. The summed E-state index contributed by atoms with van der Waals surface area (Å²) in [5.41, 5.74) is 1.65. The van der Waals surface area contributed by atoms with Crippen molar-refractivity contribution < 1.29 is 13.6 Å². The van der Waals surface area contributed by atoms with E-state index >= 15 is 0 Å². The summed E-state index contributed by atoms with van der Waals surface area (Å²) in [5.74, 6) is -2.24. The normalized spacial score (nSPS) is 22.7. The van der Waals surface area contributed by atoms with Crippen LogP contribution in [-0.4, -0.2) is 28.9 Å². The highest BCUT2D eigenvalue weighted by molar-refractivity contribution is 6.37. The molecule has 2 heterocycles. The molecule has 0 radical (unpaired) electrons. The van der Waals surface area contributed by atoms with Gasteiger partial charge in [0.25, 0.3) is 0 Å². The average Bonchev–Trinajstić information content (AvgIpc) is 2.97. The van der Waals surface area contributed by atoms with Crippen LogP contribution in [0, 0.1) is 5.92 Å². The molecule has 1 aliphatic carbocycles. The zero-order valence-electron chi connectivity index (χ0n) is 15.3. The molecule has 0 bridgehead atoms. The molecule has 0 amide bonds. The molecular weight excluding hydrogens is 370 g/mol. The van der Waals surface area contributed by atoms with Gasteiger partial charge in [0.15, 0.2) is 5.78 Å². The van der Waals surface area contributed by atoms with Crippen molar-refractivity contribution >= 4 is 28.3 Å². The van der Waals surface area contributed by atoms with E-state index in [0.29, 0.717) is 42.3 Å². The lowest BCUT2D eigenvalue weighted by atomic mass is 9.83. The van der Waals surface area contributed by atoms with Gasteiger partial charge in [-0.2, -0.15) is 0 Å². The Hall–Kier alpha value is -1.46. The molecule has 1 aliphatic heterocycles. The molecule has 1 N–H and O–H groups in total. The van der Waals surface area contributed by atoms with Gasteiger partial charge in [-0.05, 0) is 50.3 Å². The van der Waals surface area contributed by atoms with E-state index < -0.39 is 5.92 Å². The fraction of sp³-hybridized carbons (Fsp3) is 0.571. The zero-order chi connectivity index (χ0) is 19.0. The Morgan fingerprint density at radius 2 is 2.00 bits per heavy atom. The second-order valence-electron chi connectivity index (χ2n) is 8.03. The van der Waals surface area contributed by atoms with Gasteiger partial charge in [-0.3, -0.25) is 4.79 Å². The molecule has 4 rings (SSSR count). The molecule has 146 valence electrons. The molecule has 2 aromatic rings. The Bertz CT molecular complexity index is 834. The Balaban J connectivity index is 1.49. The third-order valence-corrected chi connectivity index (χ3v) is 6.43. The summed E-state index contributed by atoms with van der Waals surface area (Å²) < 4.78 is 28.7. The molecule has 1 saturated heterocycles. The number of alkyl halides is 2. The van der Waals surface area contributed by atoms with Crippen molar-refractivity contribution in [3.05, 3.63) is 35.0 Å². The second-order valence-corrected chi connectivity index (χ2v) is 8.44. The summed E-state index contributed by atoms with van der Waals surface area (Å²) in [5, 5.41) is 4.80. The van der Waals surface area contributed by atoms with Crippen LogP contribution in [0.3, 0.4) is 0 Å². The number of ketones is 1. The van der Waals surface area contributed by atoms with Crippen LogP contribution in [0.15, 0.2) is 24.4 Å². The van der Waals surface area contributed by atoms with E-state index in [2.05, 4.69) is 9.88 Å². The summed E-state index contributed by atoms with van der Waals surface area (Å²) in [6.45, 7) is 1.86. The monoisotopic (exact) mass is 394 g/mol. The third-order valence-electron chi connectivity index (χ3n) is 6.11. The predicted molar refractivity (Wildman–Crippen MR) is 104 cm³/mol. The molecule has 2 aliphatic rings. The van der Waals surface area contributed by atoms with Gasteiger partial charge >= 0.3 is 0 Å². The van der Waals surface area contributed by atoms with E-state index in [-0.39, 0.29) is 24.5 Å². The van der Waals surface area contributed by atoms with Gasteiger partial charge in [0, 0.05) is 49.0 Å². The van der Waals surface area contributed by atoms with Crippen molar-refractivity contribution in [2.45, 2.75) is 63.5 Å². The minimum absolute atomic E-state index is 0.0502. The van der Waals surface area contributed by atoms with Crippen LogP contribution in [0.1, 0.15) is 55.3 Å². The summed E-state index contributed by atoms with van der Waals surface area (Å²) in [7, 11) is 0. The Labute approximate surface area is 163 Å². The number of nitrogens with zero attached hydrogens (tertiary/aromatic N) is 1. The lowest BCUT2D eigenvalue weighted by Gasteiger charge is -2.28. The molecular formula is C21H25ClF2N2O. The van der Waals surface area contributed by atoms with Crippen molar-refractivity contribution in [3.8, 4) is 0 Å². The highest BCUT2D eigenvalue weighted by Crippen LogP contribution is 2.38. The number of hydrogen-bond acceptors (Lipinski definition) is 2. The predicted octanol–water partition coefficient (Wildman–Crippen LogP) is 5.45. The number of carbonyl (C=O) groups is 1. The van der Waals surface area contributed by atoms with Gasteiger partial charge in [0.05, 0.1) is 10.5 Å². The number of halogens is 3. The van der Waals surface area contributed by atoms with Gasteiger partial charge in [-0.1, -0.05) is 17.7 Å². The molecule has 0 spiro atoms. The number of hydrogen-bond donors (Lipinski definition) is 1. The first-order chi connectivity index (χ1) is 12.9. The molecule has 6 heteroatoms. The highest BCUT2D eigenvalue weighted by atomic mass is 35.5. The molecule has 3 nitrogen and oxygen atoms in total. The van der Waals surface area contributed by atoms with E-state index in [1.807, 2.05) is 24.4 Å². The van der Waals surface area contributed by atoms with E-state index in [1.54, 1.807) is 0 Å². The smallest absolute Gasteiger partial charge is 0.248 e. The number of nitrogens with one attached hydrogen (secondary N) is 1. The highest BCUT2D eigenvalue weighted by Gasteiger charge is 2.35. The van der Waals surface area contributed by atoms with Crippen LogP contribution in [0.2, 0.25) is 5.02 Å². The largest absolute Gasteiger partial charge is 0.345 e.